The Labute approximate surface area is 120 Å². The molecule has 3 atom stereocenters. The number of carboxylic acid groups (broad SMARTS) is 1. The first-order chi connectivity index (χ1) is 9.40. The van der Waals surface area contributed by atoms with Gasteiger partial charge in [0.2, 0.25) is 0 Å². The van der Waals surface area contributed by atoms with Crippen LogP contribution in [0.25, 0.3) is 0 Å². The maximum Gasteiger partial charge on any atom is 0.310 e. The number of carbonyl (C=O) groups is 1. The van der Waals surface area contributed by atoms with Crippen LogP contribution in [0.2, 0.25) is 0 Å². The zero-order valence-electron chi connectivity index (χ0n) is 12.5. The highest BCUT2D eigenvalue weighted by molar-refractivity contribution is 5.74. The number of aliphatic carboxylic acids is 1. The van der Waals surface area contributed by atoms with Crippen molar-refractivity contribution >= 4 is 5.97 Å². The molecule has 0 aromatic heterocycles. The van der Waals surface area contributed by atoms with Gasteiger partial charge in [0, 0.05) is 12.6 Å². The molecule has 3 rings (SSSR count). The monoisotopic (exact) mass is 273 g/mol. The van der Waals surface area contributed by atoms with Crippen LogP contribution in [-0.2, 0) is 11.2 Å². The number of carboxylic acids is 1. The van der Waals surface area contributed by atoms with E-state index in [2.05, 4.69) is 36.9 Å². The normalized spacial score (nSPS) is 33.4. The molecule has 3 nitrogen and oxygen atoms in total. The summed E-state index contributed by atoms with van der Waals surface area (Å²) in [5.74, 6) is -0.0851. The van der Waals surface area contributed by atoms with Crippen molar-refractivity contribution in [2.75, 3.05) is 13.1 Å². The van der Waals surface area contributed by atoms with Gasteiger partial charge in [0.05, 0.1) is 5.41 Å². The van der Waals surface area contributed by atoms with Gasteiger partial charge >= 0.3 is 5.97 Å². The molecule has 0 saturated carbocycles. The summed E-state index contributed by atoms with van der Waals surface area (Å²) in [4.78, 5) is 13.8. The van der Waals surface area contributed by atoms with E-state index < -0.39 is 11.4 Å². The molecule has 3 heteroatoms. The molecule has 1 aliphatic heterocycles. The summed E-state index contributed by atoms with van der Waals surface area (Å²) in [6.07, 6.45) is 1.87. The fraction of sp³-hybridized carbons (Fsp3) is 0.588. The molecule has 1 N–H and O–H groups in total. The average molecular weight is 273 g/mol. The van der Waals surface area contributed by atoms with Crippen molar-refractivity contribution in [2.45, 2.75) is 39.7 Å². The van der Waals surface area contributed by atoms with Crippen molar-refractivity contribution < 1.29 is 9.90 Å². The highest BCUT2D eigenvalue weighted by atomic mass is 16.4. The number of benzene rings is 1. The molecule has 108 valence electrons. The van der Waals surface area contributed by atoms with Crippen LogP contribution in [0.1, 0.15) is 43.0 Å². The lowest BCUT2D eigenvalue weighted by Crippen LogP contribution is -2.34. The number of hydrogen-bond donors (Lipinski definition) is 1. The number of aryl methyl sites for hydroxylation is 1. The molecule has 1 aromatic rings. The zero-order chi connectivity index (χ0) is 14.5. The van der Waals surface area contributed by atoms with Crippen LogP contribution >= 0.6 is 0 Å². The Morgan fingerprint density at radius 2 is 2.20 bits per heavy atom. The van der Waals surface area contributed by atoms with Gasteiger partial charge in [-0.3, -0.25) is 9.69 Å². The van der Waals surface area contributed by atoms with Crippen LogP contribution in [0.3, 0.4) is 0 Å². The number of rotatable bonds is 2. The molecule has 0 spiro atoms. The van der Waals surface area contributed by atoms with E-state index in [1.54, 1.807) is 0 Å². The van der Waals surface area contributed by atoms with E-state index in [1.165, 1.54) is 16.7 Å². The Hall–Kier alpha value is -1.35. The SMILES string of the molecule is Cc1ccc2c(c1)C(N1CCC(C)(C(=O)O)C1)C(C)C2. The van der Waals surface area contributed by atoms with Gasteiger partial charge in [-0.25, -0.2) is 0 Å². The van der Waals surface area contributed by atoms with Crippen LogP contribution in [0.5, 0.6) is 0 Å². The molecule has 1 aromatic carbocycles. The van der Waals surface area contributed by atoms with E-state index in [0.717, 1.165) is 19.4 Å². The van der Waals surface area contributed by atoms with Crippen LogP contribution in [0.4, 0.5) is 0 Å². The fourth-order valence-electron chi connectivity index (χ4n) is 3.91. The summed E-state index contributed by atoms with van der Waals surface area (Å²) < 4.78 is 0. The fourth-order valence-corrected chi connectivity index (χ4v) is 3.91. The lowest BCUT2D eigenvalue weighted by molar-refractivity contribution is -0.147. The van der Waals surface area contributed by atoms with Gasteiger partial charge in [-0.15, -0.1) is 0 Å². The van der Waals surface area contributed by atoms with Crippen LogP contribution < -0.4 is 0 Å². The van der Waals surface area contributed by atoms with E-state index in [1.807, 2.05) is 6.92 Å². The molecule has 0 radical (unpaired) electrons. The molecule has 0 amide bonds. The van der Waals surface area contributed by atoms with E-state index in [4.69, 9.17) is 0 Å². The molecular weight excluding hydrogens is 250 g/mol. The van der Waals surface area contributed by atoms with Gasteiger partial charge in [-0.05, 0) is 50.3 Å². The second-order valence-electron chi connectivity index (χ2n) is 6.91. The summed E-state index contributed by atoms with van der Waals surface area (Å²) in [6, 6.07) is 7.11. The highest BCUT2D eigenvalue weighted by Crippen LogP contribution is 2.44. The van der Waals surface area contributed by atoms with Crippen LogP contribution in [0, 0.1) is 18.3 Å². The molecule has 0 bridgehead atoms. The molecule has 1 aliphatic carbocycles. The van der Waals surface area contributed by atoms with Crippen molar-refractivity contribution in [1.29, 1.82) is 0 Å². The second kappa shape index (κ2) is 4.59. The van der Waals surface area contributed by atoms with E-state index in [0.29, 0.717) is 18.5 Å². The minimum absolute atomic E-state index is 0.395. The predicted molar refractivity (Wildman–Crippen MR) is 78.7 cm³/mol. The third-order valence-corrected chi connectivity index (χ3v) is 5.11. The van der Waals surface area contributed by atoms with E-state index in [9.17, 15) is 9.90 Å². The Bertz CT molecular complexity index is 554. The van der Waals surface area contributed by atoms with E-state index >= 15 is 0 Å². The maximum absolute atomic E-state index is 11.4. The second-order valence-corrected chi connectivity index (χ2v) is 6.91. The molecule has 1 heterocycles. The third kappa shape index (κ3) is 2.05. The predicted octanol–water partition coefficient (Wildman–Crippen LogP) is 3.02. The van der Waals surface area contributed by atoms with Crippen LogP contribution in [0.15, 0.2) is 18.2 Å². The largest absolute Gasteiger partial charge is 0.481 e. The Morgan fingerprint density at radius 3 is 2.85 bits per heavy atom. The van der Waals surface area contributed by atoms with Gasteiger partial charge in [0.1, 0.15) is 0 Å². The maximum atomic E-state index is 11.4. The summed E-state index contributed by atoms with van der Waals surface area (Å²) in [5.41, 5.74) is 3.58. The lowest BCUT2D eigenvalue weighted by Gasteiger charge is -2.30. The van der Waals surface area contributed by atoms with Crippen molar-refractivity contribution in [3.63, 3.8) is 0 Å². The number of likely N-dealkylation sites (tertiary alicyclic amines) is 1. The van der Waals surface area contributed by atoms with Crippen molar-refractivity contribution in [2.24, 2.45) is 11.3 Å². The molecule has 3 unspecified atom stereocenters. The summed E-state index contributed by atoms with van der Waals surface area (Å²) in [6.45, 7) is 7.87. The van der Waals surface area contributed by atoms with E-state index in [-0.39, 0.29) is 0 Å². The molecular formula is C17H23NO2. The van der Waals surface area contributed by atoms with Gasteiger partial charge < -0.3 is 5.11 Å². The quantitative estimate of drug-likeness (QED) is 0.900. The van der Waals surface area contributed by atoms with Gasteiger partial charge in [-0.1, -0.05) is 30.7 Å². The van der Waals surface area contributed by atoms with Crippen molar-refractivity contribution in [3.8, 4) is 0 Å². The van der Waals surface area contributed by atoms with Crippen molar-refractivity contribution in [1.82, 2.24) is 4.90 Å². The molecule has 20 heavy (non-hydrogen) atoms. The minimum Gasteiger partial charge on any atom is -0.481 e. The van der Waals surface area contributed by atoms with Gasteiger partial charge in [0.25, 0.3) is 0 Å². The summed E-state index contributed by atoms with van der Waals surface area (Å²) in [7, 11) is 0. The highest BCUT2D eigenvalue weighted by Gasteiger charge is 2.45. The molecule has 1 fully saturated rings. The Kier molecular flexibility index (Phi) is 3.13. The van der Waals surface area contributed by atoms with Gasteiger partial charge in [0.15, 0.2) is 0 Å². The first-order valence-corrected chi connectivity index (χ1v) is 7.47. The number of fused-ring (bicyclic) bond motifs is 1. The number of nitrogens with zero attached hydrogens (tertiary/aromatic N) is 1. The zero-order valence-corrected chi connectivity index (χ0v) is 12.5. The van der Waals surface area contributed by atoms with Crippen LogP contribution in [-0.4, -0.2) is 29.1 Å². The molecule has 2 aliphatic rings. The number of hydrogen-bond acceptors (Lipinski definition) is 2. The van der Waals surface area contributed by atoms with Gasteiger partial charge in [-0.2, -0.15) is 0 Å². The first kappa shape index (κ1) is 13.6. The topological polar surface area (TPSA) is 40.5 Å². The lowest BCUT2D eigenvalue weighted by atomic mass is 9.90. The average Bonchev–Trinajstić information content (AvgIpc) is 2.90. The van der Waals surface area contributed by atoms with Crippen molar-refractivity contribution in [3.05, 3.63) is 34.9 Å². The third-order valence-electron chi connectivity index (χ3n) is 5.11. The summed E-state index contributed by atoms with van der Waals surface area (Å²) >= 11 is 0. The minimum atomic E-state index is -0.657. The first-order valence-electron chi connectivity index (χ1n) is 7.47. The Morgan fingerprint density at radius 1 is 1.45 bits per heavy atom. The standard InChI is InChI=1S/C17H23NO2/c1-11-4-5-13-9-12(2)15(14(13)8-11)18-7-6-17(3,10-18)16(19)20/h4-5,8,12,15H,6-7,9-10H2,1-3H3,(H,19,20). The molecule has 1 saturated heterocycles. The smallest absolute Gasteiger partial charge is 0.310 e. The Balaban J connectivity index is 1.89. The summed E-state index contributed by atoms with van der Waals surface area (Å²) in [5, 5.41) is 9.41.